The summed E-state index contributed by atoms with van der Waals surface area (Å²) < 4.78 is 2.90. The van der Waals surface area contributed by atoms with Crippen LogP contribution >= 0.6 is 28.1 Å². The topological polar surface area (TPSA) is 57.6 Å². The number of halogens is 1. The normalized spacial score (nSPS) is 17.3. The zero-order valence-corrected chi connectivity index (χ0v) is 21.5. The van der Waals surface area contributed by atoms with E-state index in [1.165, 1.54) is 4.90 Å². The van der Waals surface area contributed by atoms with Gasteiger partial charge in [0.05, 0.1) is 5.69 Å². The predicted molar refractivity (Wildman–Crippen MR) is 143 cm³/mol. The van der Waals surface area contributed by atoms with E-state index in [1.807, 2.05) is 72.0 Å². The third kappa shape index (κ3) is 4.16. The first-order chi connectivity index (χ1) is 16.3. The van der Waals surface area contributed by atoms with Crippen LogP contribution in [0, 0.1) is 13.8 Å². The van der Waals surface area contributed by atoms with Gasteiger partial charge in [-0.25, -0.2) is 0 Å². The molecule has 8 heteroatoms. The van der Waals surface area contributed by atoms with E-state index in [4.69, 9.17) is 12.2 Å². The van der Waals surface area contributed by atoms with Crippen molar-refractivity contribution >= 4 is 67.7 Å². The molecular weight excluding hydrogens is 512 g/mol. The van der Waals surface area contributed by atoms with Gasteiger partial charge in [-0.05, 0) is 86.4 Å². The highest BCUT2D eigenvalue weighted by Gasteiger charge is 2.32. The largest absolute Gasteiger partial charge is 0.341 e. The number of hydrogen-bond donors (Lipinski definition) is 1. The number of hydrogen-bond acceptors (Lipinski definition) is 3. The summed E-state index contributed by atoms with van der Waals surface area (Å²) in [4.78, 5) is 29.6. The lowest BCUT2D eigenvalue weighted by Gasteiger charge is -2.16. The van der Waals surface area contributed by atoms with Gasteiger partial charge in [-0.2, -0.15) is 0 Å². The molecule has 6 nitrogen and oxygen atoms in total. The number of rotatable bonds is 4. The maximum atomic E-state index is 13.3. The fraction of sp³-hybridized carbons (Fsp3) is 0.269. The molecule has 2 aliphatic heterocycles. The van der Waals surface area contributed by atoms with Gasteiger partial charge in [-0.15, -0.1) is 0 Å². The number of carbonyl (C=O) groups is 2. The second-order valence-electron chi connectivity index (χ2n) is 8.86. The van der Waals surface area contributed by atoms with E-state index in [0.29, 0.717) is 10.8 Å². The third-order valence-corrected chi connectivity index (χ3v) is 7.34. The first kappa shape index (κ1) is 22.8. The molecule has 0 radical (unpaired) electrons. The van der Waals surface area contributed by atoms with Gasteiger partial charge in [0.25, 0.3) is 5.91 Å². The van der Waals surface area contributed by atoms with E-state index >= 15 is 0 Å². The van der Waals surface area contributed by atoms with Crippen LogP contribution in [-0.4, -0.2) is 39.5 Å². The molecule has 2 aliphatic rings. The number of nitrogens with zero attached hydrogens (tertiary/aromatic N) is 3. The fourth-order valence-electron chi connectivity index (χ4n) is 4.54. The molecule has 0 saturated carbocycles. The average Bonchev–Trinajstić information content (AvgIpc) is 3.51. The fourth-order valence-corrected chi connectivity index (χ4v) is 5.20. The van der Waals surface area contributed by atoms with Gasteiger partial charge in [0.1, 0.15) is 12.2 Å². The van der Waals surface area contributed by atoms with Crippen LogP contribution < -0.4 is 10.2 Å². The van der Waals surface area contributed by atoms with Crippen molar-refractivity contribution in [2.24, 2.45) is 0 Å². The standard InChI is InChI=1S/C26H25BrN4O2S/c1-16-5-7-20(11-17(16)2)31-25(33)22(28-26(31)34)12-18-14-30(15-24(32)29-9-3-4-10-29)23-8-6-19(27)13-21(18)23/h5-8,11-14H,3-4,9-10,15H2,1-2H3,(H,28,34)/b22-12-. The van der Waals surface area contributed by atoms with Gasteiger partial charge >= 0.3 is 0 Å². The minimum absolute atomic E-state index is 0.119. The molecule has 2 aromatic carbocycles. The van der Waals surface area contributed by atoms with Crippen LogP contribution in [0.25, 0.3) is 17.0 Å². The van der Waals surface area contributed by atoms with Crippen molar-refractivity contribution in [3.05, 3.63) is 69.5 Å². The van der Waals surface area contributed by atoms with E-state index < -0.39 is 0 Å². The summed E-state index contributed by atoms with van der Waals surface area (Å²) in [5, 5.41) is 4.40. The SMILES string of the molecule is Cc1ccc(N2C(=O)/C(=C/c3cn(CC(=O)N4CCCC4)c4ccc(Br)cc34)NC2=S)cc1C. The number of aromatic nitrogens is 1. The highest BCUT2D eigenvalue weighted by atomic mass is 79.9. The molecule has 5 rings (SSSR count). The maximum absolute atomic E-state index is 13.3. The zero-order valence-electron chi connectivity index (χ0n) is 19.1. The summed E-state index contributed by atoms with van der Waals surface area (Å²) in [6.45, 7) is 5.98. The summed E-state index contributed by atoms with van der Waals surface area (Å²) in [6, 6.07) is 11.8. The van der Waals surface area contributed by atoms with Crippen LogP contribution in [-0.2, 0) is 16.1 Å². The van der Waals surface area contributed by atoms with Crippen molar-refractivity contribution in [3.8, 4) is 0 Å². The number of anilines is 1. The lowest BCUT2D eigenvalue weighted by Crippen LogP contribution is -2.30. The first-order valence-electron chi connectivity index (χ1n) is 11.3. The molecule has 2 saturated heterocycles. The lowest BCUT2D eigenvalue weighted by molar-refractivity contribution is -0.130. The van der Waals surface area contributed by atoms with E-state index in [2.05, 4.69) is 21.2 Å². The zero-order chi connectivity index (χ0) is 24.0. The number of thiocarbonyl (C=S) groups is 1. The van der Waals surface area contributed by atoms with E-state index in [9.17, 15) is 9.59 Å². The molecule has 0 atom stereocenters. The summed E-state index contributed by atoms with van der Waals surface area (Å²) >= 11 is 9.05. The van der Waals surface area contributed by atoms with Crippen molar-refractivity contribution < 1.29 is 9.59 Å². The molecule has 34 heavy (non-hydrogen) atoms. The Balaban J connectivity index is 1.50. The smallest absolute Gasteiger partial charge is 0.281 e. The Hall–Kier alpha value is -2.97. The maximum Gasteiger partial charge on any atom is 0.281 e. The summed E-state index contributed by atoms with van der Waals surface area (Å²) in [5.41, 5.74) is 5.21. The molecular formula is C26H25BrN4O2S. The highest BCUT2D eigenvalue weighted by molar-refractivity contribution is 9.10. The van der Waals surface area contributed by atoms with Crippen LogP contribution in [0.5, 0.6) is 0 Å². The van der Waals surface area contributed by atoms with Gasteiger partial charge in [0.15, 0.2) is 5.11 Å². The molecule has 2 fully saturated rings. The highest BCUT2D eigenvalue weighted by Crippen LogP contribution is 2.29. The third-order valence-electron chi connectivity index (χ3n) is 6.57. The second kappa shape index (κ2) is 9.00. The van der Waals surface area contributed by atoms with Crippen molar-refractivity contribution in [1.29, 1.82) is 0 Å². The van der Waals surface area contributed by atoms with Crippen LogP contribution in [0.2, 0.25) is 0 Å². The van der Waals surface area contributed by atoms with Crippen LogP contribution in [0.1, 0.15) is 29.5 Å². The van der Waals surface area contributed by atoms with E-state index in [-0.39, 0.29) is 18.4 Å². The molecule has 3 heterocycles. The summed E-state index contributed by atoms with van der Waals surface area (Å²) in [6.07, 6.45) is 5.89. The second-order valence-corrected chi connectivity index (χ2v) is 10.2. The molecule has 0 aliphatic carbocycles. The minimum Gasteiger partial charge on any atom is -0.341 e. The van der Waals surface area contributed by atoms with E-state index in [0.717, 1.165) is 63.7 Å². The summed E-state index contributed by atoms with van der Waals surface area (Å²) in [7, 11) is 0. The number of carbonyl (C=O) groups excluding carboxylic acids is 2. The first-order valence-corrected chi connectivity index (χ1v) is 12.5. The monoisotopic (exact) mass is 536 g/mol. The van der Waals surface area contributed by atoms with E-state index in [1.54, 1.807) is 0 Å². The molecule has 0 spiro atoms. The number of aryl methyl sites for hydroxylation is 2. The van der Waals surface area contributed by atoms with Crippen LogP contribution in [0.15, 0.2) is 52.8 Å². The molecule has 1 N–H and O–H groups in total. The van der Waals surface area contributed by atoms with Gasteiger partial charge in [0.2, 0.25) is 5.91 Å². The van der Waals surface area contributed by atoms with Crippen molar-refractivity contribution in [2.75, 3.05) is 18.0 Å². The molecule has 2 amide bonds. The minimum atomic E-state index is -0.197. The van der Waals surface area contributed by atoms with Gasteiger partial charge in [0, 0.05) is 40.2 Å². The molecule has 0 unspecified atom stereocenters. The Kier molecular flexibility index (Phi) is 6.04. The Morgan fingerprint density at radius 3 is 2.62 bits per heavy atom. The number of benzene rings is 2. The molecule has 1 aromatic heterocycles. The predicted octanol–water partition coefficient (Wildman–Crippen LogP) is 4.91. The Morgan fingerprint density at radius 1 is 1.12 bits per heavy atom. The van der Waals surface area contributed by atoms with Crippen molar-refractivity contribution in [2.45, 2.75) is 33.2 Å². The number of likely N-dealkylation sites (tertiary alicyclic amines) is 1. The van der Waals surface area contributed by atoms with Gasteiger partial charge in [-0.1, -0.05) is 22.0 Å². The van der Waals surface area contributed by atoms with Gasteiger partial charge in [-0.3, -0.25) is 14.5 Å². The van der Waals surface area contributed by atoms with Crippen molar-refractivity contribution in [1.82, 2.24) is 14.8 Å². The number of amides is 2. The molecule has 3 aromatic rings. The quantitative estimate of drug-likeness (QED) is 0.380. The number of fused-ring (bicyclic) bond motifs is 1. The Morgan fingerprint density at radius 2 is 1.88 bits per heavy atom. The van der Waals surface area contributed by atoms with Crippen LogP contribution in [0.3, 0.4) is 0 Å². The van der Waals surface area contributed by atoms with Crippen molar-refractivity contribution in [3.63, 3.8) is 0 Å². The Bertz CT molecular complexity index is 1370. The van der Waals surface area contributed by atoms with Crippen LogP contribution in [0.4, 0.5) is 5.69 Å². The molecule has 0 bridgehead atoms. The molecule has 174 valence electrons. The lowest BCUT2D eigenvalue weighted by atomic mass is 10.1. The number of nitrogens with one attached hydrogen (secondary N) is 1. The van der Waals surface area contributed by atoms with Gasteiger partial charge < -0.3 is 14.8 Å². The summed E-state index contributed by atoms with van der Waals surface area (Å²) in [5.74, 6) is -0.0778. The Labute approximate surface area is 212 Å². The average molecular weight is 537 g/mol.